The lowest BCUT2D eigenvalue weighted by molar-refractivity contribution is 0.262. The van der Waals surface area contributed by atoms with Crippen LogP contribution < -0.4 is 4.74 Å². The average Bonchev–Trinajstić information content (AvgIpc) is 3.47. The first-order valence-corrected chi connectivity index (χ1v) is 9.30. The molecule has 3 heteroatoms. The molecular formula is C22H26O3. The van der Waals surface area contributed by atoms with Gasteiger partial charge in [0.2, 0.25) is 0 Å². The Bertz CT molecular complexity index is 693. The summed E-state index contributed by atoms with van der Waals surface area (Å²) in [6.45, 7) is 3.80. The zero-order valence-electron chi connectivity index (χ0n) is 14.8. The van der Waals surface area contributed by atoms with Crippen LogP contribution in [0.25, 0.3) is 0 Å². The molecule has 2 aliphatic rings. The molecule has 0 spiro atoms. The van der Waals surface area contributed by atoms with Crippen LogP contribution >= 0.6 is 0 Å². The average molecular weight is 338 g/mol. The molecule has 132 valence electrons. The van der Waals surface area contributed by atoms with Gasteiger partial charge in [0.05, 0.1) is 6.61 Å². The molecule has 25 heavy (non-hydrogen) atoms. The molecule has 2 aromatic carbocycles. The molecule has 1 atom stereocenters. The third-order valence-corrected chi connectivity index (χ3v) is 5.79. The second-order valence-corrected chi connectivity index (χ2v) is 7.60. The van der Waals surface area contributed by atoms with Crippen molar-refractivity contribution in [3.05, 3.63) is 59.7 Å². The van der Waals surface area contributed by atoms with Crippen LogP contribution in [0.3, 0.4) is 0 Å². The molecule has 1 aliphatic heterocycles. The Morgan fingerprint density at radius 2 is 1.56 bits per heavy atom. The Hall–Kier alpha value is -2.00. The van der Waals surface area contributed by atoms with E-state index in [0.29, 0.717) is 12.4 Å². The van der Waals surface area contributed by atoms with E-state index in [1.165, 1.54) is 24.0 Å². The van der Waals surface area contributed by atoms with Gasteiger partial charge in [-0.25, -0.2) is 0 Å². The number of hydrogen-bond donors (Lipinski definition) is 1. The Morgan fingerprint density at radius 1 is 1.00 bits per heavy atom. The van der Waals surface area contributed by atoms with Crippen LogP contribution in [0.4, 0.5) is 0 Å². The number of phenolic OH excluding ortho intramolecular Hbond substituents is 1. The van der Waals surface area contributed by atoms with Gasteiger partial charge in [-0.15, -0.1) is 0 Å². The molecule has 3 nitrogen and oxygen atoms in total. The minimum atomic E-state index is 0.0400. The van der Waals surface area contributed by atoms with Gasteiger partial charge in [-0.1, -0.05) is 31.2 Å². The smallest absolute Gasteiger partial charge is 0.119 e. The van der Waals surface area contributed by atoms with Gasteiger partial charge in [0.25, 0.3) is 0 Å². The van der Waals surface area contributed by atoms with Crippen LogP contribution in [-0.2, 0) is 10.2 Å². The van der Waals surface area contributed by atoms with E-state index >= 15 is 0 Å². The summed E-state index contributed by atoms with van der Waals surface area (Å²) in [5.74, 6) is 2.02. The molecular weight excluding hydrogens is 312 g/mol. The quantitative estimate of drug-likeness (QED) is 0.806. The van der Waals surface area contributed by atoms with E-state index in [0.717, 1.165) is 31.1 Å². The monoisotopic (exact) mass is 338 g/mol. The number of rotatable bonds is 5. The van der Waals surface area contributed by atoms with E-state index < -0.39 is 0 Å². The van der Waals surface area contributed by atoms with E-state index in [4.69, 9.17) is 9.47 Å². The highest BCUT2D eigenvalue weighted by atomic mass is 16.6. The minimum Gasteiger partial charge on any atom is -0.508 e. The van der Waals surface area contributed by atoms with Gasteiger partial charge in [-0.2, -0.15) is 0 Å². The normalized spacial score (nSPS) is 28.5. The maximum Gasteiger partial charge on any atom is 0.119 e. The lowest BCUT2D eigenvalue weighted by atomic mass is 9.63. The first-order valence-electron chi connectivity index (χ1n) is 9.30. The molecule has 2 aromatic rings. The maximum absolute atomic E-state index is 9.67. The summed E-state index contributed by atoms with van der Waals surface area (Å²) in [5.41, 5.74) is 2.69. The van der Waals surface area contributed by atoms with Crippen molar-refractivity contribution in [2.45, 2.75) is 44.1 Å². The standard InChI is InChI=1S/C22H26O3/c1-16-10-12-22(13-11-16,17-2-6-19(23)7-3-17)18-4-8-20(9-5-18)24-14-21-15-25-21/h2-9,16,21,23H,10-15H2,1H3. The highest BCUT2D eigenvalue weighted by Crippen LogP contribution is 2.47. The third-order valence-electron chi connectivity index (χ3n) is 5.79. The fourth-order valence-corrected chi connectivity index (χ4v) is 4.00. The molecule has 0 bridgehead atoms. The second-order valence-electron chi connectivity index (χ2n) is 7.60. The number of ether oxygens (including phenoxy) is 2. The number of benzene rings is 2. The first kappa shape index (κ1) is 16.5. The van der Waals surface area contributed by atoms with Crippen molar-refractivity contribution < 1.29 is 14.6 Å². The Kier molecular flexibility index (Phi) is 4.43. The molecule has 2 fully saturated rings. The van der Waals surface area contributed by atoms with Gasteiger partial charge < -0.3 is 14.6 Å². The largest absolute Gasteiger partial charge is 0.508 e. The first-order chi connectivity index (χ1) is 12.2. The highest BCUT2D eigenvalue weighted by Gasteiger charge is 2.37. The van der Waals surface area contributed by atoms with Crippen molar-refractivity contribution in [2.24, 2.45) is 5.92 Å². The fraction of sp³-hybridized carbons (Fsp3) is 0.455. The Morgan fingerprint density at radius 3 is 2.12 bits per heavy atom. The van der Waals surface area contributed by atoms with Crippen LogP contribution in [-0.4, -0.2) is 24.4 Å². The predicted molar refractivity (Wildman–Crippen MR) is 98.2 cm³/mol. The summed E-state index contributed by atoms with van der Waals surface area (Å²) in [4.78, 5) is 0. The number of phenols is 1. The summed E-state index contributed by atoms with van der Waals surface area (Å²) >= 11 is 0. The van der Waals surface area contributed by atoms with E-state index in [1.807, 2.05) is 12.1 Å². The summed E-state index contributed by atoms with van der Waals surface area (Å²) in [7, 11) is 0. The van der Waals surface area contributed by atoms with Gasteiger partial charge in [-0.3, -0.25) is 0 Å². The lowest BCUT2D eigenvalue weighted by Gasteiger charge is -2.40. The molecule has 4 rings (SSSR count). The van der Waals surface area contributed by atoms with E-state index in [9.17, 15) is 5.11 Å². The molecule has 1 unspecified atom stereocenters. The zero-order chi connectivity index (χ0) is 17.3. The van der Waals surface area contributed by atoms with Gasteiger partial charge in [0.1, 0.15) is 24.2 Å². The topological polar surface area (TPSA) is 42.0 Å². The summed E-state index contributed by atoms with van der Waals surface area (Å²) in [5, 5.41) is 9.67. The molecule has 0 amide bonds. The van der Waals surface area contributed by atoms with Crippen LogP contribution in [0.2, 0.25) is 0 Å². The van der Waals surface area contributed by atoms with Crippen LogP contribution in [0.5, 0.6) is 11.5 Å². The Balaban J connectivity index is 1.61. The van der Waals surface area contributed by atoms with Crippen molar-refractivity contribution in [1.82, 2.24) is 0 Å². The van der Waals surface area contributed by atoms with Crippen molar-refractivity contribution in [3.63, 3.8) is 0 Å². The lowest BCUT2D eigenvalue weighted by Crippen LogP contribution is -2.32. The number of hydrogen-bond acceptors (Lipinski definition) is 3. The molecule has 0 aromatic heterocycles. The van der Waals surface area contributed by atoms with Gasteiger partial charge in [0, 0.05) is 5.41 Å². The van der Waals surface area contributed by atoms with Crippen LogP contribution in [0.15, 0.2) is 48.5 Å². The molecule has 1 saturated carbocycles. The zero-order valence-corrected chi connectivity index (χ0v) is 14.8. The van der Waals surface area contributed by atoms with Gasteiger partial charge in [0.15, 0.2) is 0 Å². The van der Waals surface area contributed by atoms with E-state index in [2.05, 4.69) is 43.3 Å². The van der Waals surface area contributed by atoms with E-state index in [-0.39, 0.29) is 11.5 Å². The molecule has 1 aliphatic carbocycles. The van der Waals surface area contributed by atoms with Crippen molar-refractivity contribution in [3.8, 4) is 11.5 Å². The maximum atomic E-state index is 9.67. The fourth-order valence-electron chi connectivity index (χ4n) is 4.00. The number of aromatic hydroxyl groups is 1. The molecule has 0 radical (unpaired) electrons. The molecule has 1 saturated heterocycles. The summed E-state index contributed by atoms with van der Waals surface area (Å²) in [6, 6.07) is 16.4. The van der Waals surface area contributed by atoms with Gasteiger partial charge in [-0.05, 0) is 67.0 Å². The predicted octanol–water partition coefficient (Wildman–Crippen LogP) is 4.67. The van der Waals surface area contributed by atoms with Crippen molar-refractivity contribution in [2.75, 3.05) is 13.2 Å². The second kappa shape index (κ2) is 6.72. The summed E-state index contributed by atoms with van der Waals surface area (Å²) in [6.07, 6.45) is 5.04. The SMILES string of the molecule is CC1CCC(c2ccc(O)cc2)(c2ccc(OCC3CO3)cc2)CC1. The summed E-state index contributed by atoms with van der Waals surface area (Å²) < 4.78 is 11.0. The van der Waals surface area contributed by atoms with Crippen LogP contribution in [0, 0.1) is 5.92 Å². The minimum absolute atomic E-state index is 0.0400. The Labute approximate surface area is 149 Å². The van der Waals surface area contributed by atoms with E-state index in [1.54, 1.807) is 0 Å². The highest BCUT2D eigenvalue weighted by molar-refractivity contribution is 5.43. The molecule has 1 heterocycles. The molecule has 1 N–H and O–H groups in total. The third kappa shape index (κ3) is 3.52. The van der Waals surface area contributed by atoms with Crippen molar-refractivity contribution >= 4 is 0 Å². The van der Waals surface area contributed by atoms with Crippen molar-refractivity contribution in [1.29, 1.82) is 0 Å². The number of epoxide rings is 1. The van der Waals surface area contributed by atoms with Gasteiger partial charge >= 0.3 is 0 Å². The van der Waals surface area contributed by atoms with Crippen LogP contribution in [0.1, 0.15) is 43.7 Å².